The number of rotatable bonds is 5. The largest absolute Gasteiger partial charge is 0.481 e. The molecular weight excluding hydrogens is 308 g/mol. The third kappa shape index (κ3) is 4.11. The Morgan fingerprint density at radius 2 is 1.79 bits per heavy atom. The molecule has 1 amide bonds. The molecule has 6 nitrogen and oxygen atoms in total. The van der Waals surface area contributed by atoms with Gasteiger partial charge in [-0.15, -0.1) is 0 Å². The van der Waals surface area contributed by atoms with E-state index in [2.05, 4.69) is 10.1 Å². The number of nitriles is 1. The quantitative estimate of drug-likeness (QED) is 0.854. The lowest BCUT2D eigenvalue weighted by Gasteiger charge is -2.15. The van der Waals surface area contributed by atoms with Gasteiger partial charge < -0.3 is 14.8 Å². The van der Waals surface area contributed by atoms with Crippen LogP contribution in [0.3, 0.4) is 0 Å². The van der Waals surface area contributed by atoms with Gasteiger partial charge in [-0.3, -0.25) is 4.79 Å². The highest BCUT2D eigenvalue weighted by Gasteiger charge is 2.16. The minimum atomic E-state index is -0.777. The normalized spacial score (nSPS) is 11.0. The van der Waals surface area contributed by atoms with E-state index in [1.165, 1.54) is 7.11 Å². The number of nitrogens with zero attached hydrogens (tertiary/aromatic N) is 1. The zero-order valence-corrected chi connectivity index (χ0v) is 13.3. The molecule has 2 rings (SSSR count). The van der Waals surface area contributed by atoms with Crippen molar-refractivity contribution in [2.24, 2.45) is 0 Å². The number of amides is 1. The fourth-order valence-corrected chi connectivity index (χ4v) is 1.97. The smallest absolute Gasteiger partial charge is 0.337 e. The third-order valence-corrected chi connectivity index (χ3v) is 3.26. The summed E-state index contributed by atoms with van der Waals surface area (Å²) in [6, 6.07) is 15.0. The van der Waals surface area contributed by atoms with Gasteiger partial charge in [0.05, 0.1) is 23.9 Å². The van der Waals surface area contributed by atoms with Gasteiger partial charge in [0.25, 0.3) is 5.91 Å². The average Bonchev–Trinajstić information content (AvgIpc) is 2.62. The minimum absolute atomic E-state index is 0.375. The van der Waals surface area contributed by atoms with Crippen molar-refractivity contribution in [2.45, 2.75) is 13.0 Å². The van der Waals surface area contributed by atoms with E-state index in [4.69, 9.17) is 10.00 Å². The molecule has 1 N–H and O–H groups in total. The van der Waals surface area contributed by atoms with Gasteiger partial charge in [0, 0.05) is 0 Å². The molecule has 0 saturated carbocycles. The Hall–Kier alpha value is -3.33. The fraction of sp³-hybridized carbons (Fsp3) is 0.167. The summed E-state index contributed by atoms with van der Waals surface area (Å²) < 4.78 is 10.2. The lowest BCUT2D eigenvalue weighted by Crippen LogP contribution is -2.30. The maximum atomic E-state index is 12.2. The van der Waals surface area contributed by atoms with Crippen molar-refractivity contribution >= 4 is 17.6 Å². The number of nitrogens with one attached hydrogen (secondary N) is 1. The second-order valence-electron chi connectivity index (χ2n) is 4.92. The van der Waals surface area contributed by atoms with Gasteiger partial charge >= 0.3 is 5.97 Å². The van der Waals surface area contributed by atoms with E-state index in [-0.39, 0.29) is 5.91 Å². The summed E-state index contributed by atoms with van der Waals surface area (Å²) in [4.78, 5) is 23.6. The van der Waals surface area contributed by atoms with Crippen molar-refractivity contribution in [1.29, 1.82) is 5.26 Å². The van der Waals surface area contributed by atoms with Crippen LogP contribution in [0.2, 0.25) is 0 Å². The zero-order chi connectivity index (χ0) is 17.5. The predicted molar refractivity (Wildman–Crippen MR) is 87.7 cm³/mol. The molecule has 122 valence electrons. The predicted octanol–water partition coefficient (Wildman–Crippen LogP) is 2.75. The standard InChI is InChI=1S/C18H16N2O4/c1-12(17(21)20-16-6-4-3-5-14(16)11-19)24-15-9-7-13(8-10-15)18(22)23-2/h3-10,12H,1-2H3,(H,20,21)/t12-/m0/s1. The van der Waals surface area contributed by atoms with Crippen LogP contribution in [-0.2, 0) is 9.53 Å². The van der Waals surface area contributed by atoms with Crippen LogP contribution < -0.4 is 10.1 Å². The number of esters is 1. The topological polar surface area (TPSA) is 88.4 Å². The Bertz CT molecular complexity index is 778. The highest BCUT2D eigenvalue weighted by atomic mass is 16.5. The second kappa shape index (κ2) is 7.79. The number of carbonyl (C=O) groups is 2. The van der Waals surface area contributed by atoms with Gasteiger partial charge in [-0.1, -0.05) is 12.1 Å². The van der Waals surface area contributed by atoms with Crippen LogP contribution in [-0.4, -0.2) is 25.1 Å². The maximum absolute atomic E-state index is 12.2. The molecule has 0 aliphatic carbocycles. The zero-order valence-electron chi connectivity index (χ0n) is 13.3. The summed E-state index contributed by atoms with van der Waals surface area (Å²) in [5.41, 5.74) is 1.20. The monoisotopic (exact) mass is 324 g/mol. The van der Waals surface area contributed by atoms with Crippen molar-refractivity contribution in [3.63, 3.8) is 0 Å². The van der Waals surface area contributed by atoms with Crippen LogP contribution in [0.1, 0.15) is 22.8 Å². The number of hydrogen-bond acceptors (Lipinski definition) is 5. The number of ether oxygens (including phenoxy) is 2. The molecule has 0 aromatic heterocycles. The minimum Gasteiger partial charge on any atom is -0.481 e. The van der Waals surface area contributed by atoms with E-state index in [0.29, 0.717) is 22.6 Å². The fourth-order valence-electron chi connectivity index (χ4n) is 1.97. The van der Waals surface area contributed by atoms with Gasteiger partial charge in [0.1, 0.15) is 11.8 Å². The van der Waals surface area contributed by atoms with Crippen molar-refractivity contribution in [3.8, 4) is 11.8 Å². The van der Waals surface area contributed by atoms with Crippen LogP contribution >= 0.6 is 0 Å². The first-order valence-corrected chi connectivity index (χ1v) is 7.20. The summed E-state index contributed by atoms with van der Waals surface area (Å²) in [6.45, 7) is 1.60. The van der Waals surface area contributed by atoms with Crippen LogP contribution in [0, 0.1) is 11.3 Å². The second-order valence-corrected chi connectivity index (χ2v) is 4.92. The number of hydrogen-bond donors (Lipinski definition) is 1. The lowest BCUT2D eigenvalue weighted by atomic mass is 10.2. The van der Waals surface area contributed by atoms with E-state index in [9.17, 15) is 9.59 Å². The van der Waals surface area contributed by atoms with Crippen molar-refractivity contribution in [1.82, 2.24) is 0 Å². The molecule has 24 heavy (non-hydrogen) atoms. The van der Waals surface area contributed by atoms with E-state index >= 15 is 0 Å². The SMILES string of the molecule is COC(=O)c1ccc(O[C@@H](C)C(=O)Nc2ccccc2C#N)cc1. The molecule has 0 bridgehead atoms. The van der Waals surface area contributed by atoms with E-state index in [0.717, 1.165) is 0 Å². The Balaban J connectivity index is 2.01. The number of benzene rings is 2. The molecular formula is C18H16N2O4. The highest BCUT2D eigenvalue weighted by Crippen LogP contribution is 2.17. The van der Waals surface area contributed by atoms with Gasteiger partial charge in [-0.2, -0.15) is 5.26 Å². The molecule has 1 atom stereocenters. The third-order valence-electron chi connectivity index (χ3n) is 3.26. The van der Waals surface area contributed by atoms with Gasteiger partial charge in [-0.05, 0) is 43.3 Å². The number of carbonyl (C=O) groups excluding carboxylic acids is 2. The molecule has 0 aliphatic heterocycles. The Kier molecular flexibility index (Phi) is 5.53. The van der Waals surface area contributed by atoms with Crippen LogP contribution in [0.25, 0.3) is 0 Å². The molecule has 2 aromatic rings. The number of anilines is 1. The van der Waals surface area contributed by atoms with E-state index < -0.39 is 12.1 Å². The molecule has 0 aliphatic rings. The molecule has 0 unspecified atom stereocenters. The molecule has 6 heteroatoms. The summed E-state index contributed by atoms with van der Waals surface area (Å²) in [5.74, 6) is -0.380. The first-order chi connectivity index (χ1) is 11.5. The summed E-state index contributed by atoms with van der Waals surface area (Å²) in [7, 11) is 1.30. The van der Waals surface area contributed by atoms with Gasteiger partial charge in [-0.25, -0.2) is 4.79 Å². The number of para-hydroxylation sites is 1. The average molecular weight is 324 g/mol. The Morgan fingerprint density at radius 1 is 1.12 bits per heavy atom. The summed E-state index contributed by atoms with van der Waals surface area (Å²) in [5, 5.41) is 11.7. The van der Waals surface area contributed by atoms with E-state index in [1.807, 2.05) is 6.07 Å². The van der Waals surface area contributed by atoms with Crippen molar-refractivity contribution in [3.05, 3.63) is 59.7 Å². The van der Waals surface area contributed by atoms with E-state index in [1.54, 1.807) is 55.5 Å². The Morgan fingerprint density at radius 3 is 2.42 bits per heavy atom. The van der Waals surface area contributed by atoms with Gasteiger partial charge in [0.2, 0.25) is 0 Å². The molecule has 0 fully saturated rings. The first kappa shape index (κ1) is 17.0. The van der Waals surface area contributed by atoms with Crippen LogP contribution in [0.5, 0.6) is 5.75 Å². The molecule has 0 spiro atoms. The number of methoxy groups -OCH3 is 1. The summed E-state index contributed by atoms with van der Waals surface area (Å²) >= 11 is 0. The van der Waals surface area contributed by atoms with Crippen LogP contribution in [0.4, 0.5) is 5.69 Å². The summed E-state index contributed by atoms with van der Waals surface area (Å²) in [6.07, 6.45) is -0.777. The molecule has 0 heterocycles. The van der Waals surface area contributed by atoms with Crippen LogP contribution in [0.15, 0.2) is 48.5 Å². The Labute approximate surface area is 139 Å². The van der Waals surface area contributed by atoms with Gasteiger partial charge in [0.15, 0.2) is 6.10 Å². The highest BCUT2D eigenvalue weighted by molar-refractivity contribution is 5.95. The molecule has 0 radical (unpaired) electrons. The maximum Gasteiger partial charge on any atom is 0.337 e. The van der Waals surface area contributed by atoms with Crippen molar-refractivity contribution in [2.75, 3.05) is 12.4 Å². The molecule has 2 aromatic carbocycles. The first-order valence-electron chi connectivity index (χ1n) is 7.20. The lowest BCUT2D eigenvalue weighted by molar-refractivity contribution is -0.122. The van der Waals surface area contributed by atoms with Crippen molar-refractivity contribution < 1.29 is 19.1 Å². The molecule has 0 saturated heterocycles.